The highest BCUT2D eigenvalue weighted by Gasteiger charge is 2.12. The summed E-state index contributed by atoms with van der Waals surface area (Å²) in [6.07, 6.45) is 3.96. The lowest BCUT2D eigenvalue weighted by molar-refractivity contribution is 0.477. The van der Waals surface area contributed by atoms with Crippen LogP contribution in [0.2, 0.25) is 0 Å². The minimum atomic E-state index is 0.582. The molecule has 0 unspecified atom stereocenters. The number of thiophene rings is 1. The molecule has 0 aromatic carbocycles. The van der Waals surface area contributed by atoms with Crippen molar-refractivity contribution in [2.45, 2.75) is 51.9 Å². The van der Waals surface area contributed by atoms with Gasteiger partial charge in [0.15, 0.2) is 11.1 Å². The summed E-state index contributed by atoms with van der Waals surface area (Å²) in [5.74, 6) is 2.53. The molecule has 0 atom stereocenters. The van der Waals surface area contributed by atoms with Crippen LogP contribution < -0.4 is 10.6 Å². The highest BCUT2D eigenvalue weighted by Crippen LogP contribution is 2.16. The highest BCUT2D eigenvalue weighted by molar-refractivity contribution is 7.98. The number of aliphatic imine (C=N–C) groups is 1. The Bertz CT molecular complexity index is 663. The van der Waals surface area contributed by atoms with Crippen LogP contribution in [0.4, 0.5) is 0 Å². The van der Waals surface area contributed by atoms with Crippen molar-refractivity contribution in [1.82, 2.24) is 25.4 Å². The summed E-state index contributed by atoms with van der Waals surface area (Å²) >= 11 is 3.40. The lowest BCUT2D eigenvalue weighted by Crippen LogP contribution is -2.37. The number of aromatic nitrogens is 3. The van der Waals surface area contributed by atoms with Crippen LogP contribution in [0, 0.1) is 5.92 Å². The minimum Gasteiger partial charge on any atom is -0.357 e. The normalized spacial score (nSPS) is 12.0. The van der Waals surface area contributed by atoms with Crippen molar-refractivity contribution in [1.29, 1.82) is 0 Å². The van der Waals surface area contributed by atoms with Crippen molar-refractivity contribution in [2.75, 3.05) is 19.3 Å². The Labute approximate surface area is 164 Å². The second kappa shape index (κ2) is 11.2. The molecule has 0 spiro atoms. The predicted octanol–water partition coefficient (Wildman–Crippen LogP) is 3.41. The van der Waals surface area contributed by atoms with Gasteiger partial charge in [0.05, 0.1) is 6.54 Å². The summed E-state index contributed by atoms with van der Waals surface area (Å²) in [5, 5.41) is 18.5. The van der Waals surface area contributed by atoms with Gasteiger partial charge in [-0.05, 0) is 37.0 Å². The number of rotatable bonds is 10. The summed E-state index contributed by atoms with van der Waals surface area (Å²) < 4.78 is 2.26. The van der Waals surface area contributed by atoms with Crippen molar-refractivity contribution >= 4 is 29.1 Å². The molecule has 0 radical (unpaired) electrons. The molecule has 26 heavy (non-hydrogen) atoms. The Balaban J connectivity index is 1.84. The molecule has 0 saturated carbocycles. The third kappa shape index (κ3) is 6.64. The fourth-order valence-electron chi connectivity index (χ4n) is 2.56. The van der Waals surface area contributed by atoms with Gasteiger partial charge in [-0.3, -0.25) is 0 Å². The third-order valence-electron chi connectivity index (χ3n) is 3.71. The first-order valence-electron chi connectivity index (χ1n) is 9.14. The first-order chi connectivity index (χ1) is 12.6. The van der Waals surface area contributed by atoms with Gasteiger partial charge in [0.25, 0.3) is 0 Å². The van der Waals surface area contributed by atoms with E-state index in [1.54, 1.807) is 23.1 Å². The molecule has 0 fully saturated rings. The van der Waals surface area contributed by atoms with Crippen LogP contribution in [-0.4, -0.2) is 40.1 Å². The Hall–Kier alpha value is -1.54. The van der Waals surface area contributed by atoms with Crippen molar-refractivity contribution in [2.24, 2.45) is 10.9 Å². The molecule has 2 heterocycles. The Morgan fingerprint density at radius 3 is 2.85 bits per heavy atom. The van der Waals surface area contributed by atoms with Crippen LogP contribution in [0.15, 0.2) is 27.7 Å². The monoisotopic (exact) mass is 394 g/mol. The van der Waals surface area contributed by atoms with Crippen LogP contribution in [0.5, 0.6) is 0 Å². The Morgan fingerprint density at radius 1 is 1.35 bits per heavy atom. The van der Waals surface area contributed by atoms with E-state index >= 15 is 0 Å². The zero-order chi connectivity index (χ0) is 18.8. The molecule has 2 N–H and O–H groups in total. The van der Waals surface area contributed by atoms with E-state index in [4.69, 9.17) is 0 Å². The van der Waals surface area contributed by atoms with E-state index in [2.05, 4.69) is 74.9 Å². The van der Waals surface area contributed by atoms with Gasteiger partial charge in [-0.1, -0.05) is 31.7 Å². The zero-order valence-electron chi connectivity index (χ0n) is 16.2. The average molecular weight is 395 g/mol. The second-order valence-corrected chi connectivity index (χ2v) is 8.22. The molecular formula is C18H30N6S2. The molecule has 0 aliphatic rings. The number of hydrogen-bond acceptors (Lipinski definition) is 5. The van der Waals surface area contributed by atoms with E-state index in [9.17, 15) is 0 Å². The molecule has 0 aliphatic carbocycles. The molecule has 0 amide bonds. The number of nitrogens with zero attached hydrogens (tertiary/aromatic N) is 4. The fourth-order valence-corrected chi connectivity index (χ4v) is 3.71. The SMILES string of the molecule is CCNC(=NCc1cccs1)NCCCc1nnc(SC)n1CC(C)C. The molecule has 144 valence electrons. The van der Waals surface area contributed by atoms with Crippen LogP contribution in [0.3, 0.4) is 0 Å². The van der Waals surface area contributed by atoms with Gasteiger partial charge in [-0.25, -0.2) is 4.99 Å². The van der Waals surface area contributed by atoms with Gasteiger partial charge in [0.2, 0.25) is 0 Å². The number of thioether (sulfide) groups is 1. The van der Waals surface area contributed by atoms with E-state index in [-0.39, 0.29) is 0 Å². The predicted molar refractivity (Wildman–Crippen MR) is 112 cm³/mol. The average Bonchev–Trinajstić information content (AvgIpc) is 3.26. The maximum Gasteiger partial charge on any atom is 0.191 e. The van der Waals surface area contributed by atoms with E-state index in [1.165, 1.54) is 4.88 Å². The summed E-state index contributed by atoms with van der Waals surface area (Å²) in [6, 6.07) is 4.18. The zero-order valence-corrected chi connectivity index (χ0v) is 17.8. The minimum absolute atomic E-state index is 0.582. The Morgan fingerprint density at radius 2 is 2.19 bits per heavy atom. The molecular weight excluding hydrogens is 364 g/mol. The standard InChI is InChI=1S/C18H30N6S2/c1-5-19-17(21-12-15-8-7-11-26-15)20-10-6-9-16-22-23-18(25-4)24(16)13-14(2)3/h7-8,11,14H,5-6,9-10,12-13H2,1-4H3,(H2,19,20,21). The molecule has 0 aliphatic heterocycles. The van der Waals surface area contributed by atoms with Crippen LogP contribution in [-0.2, 0) is 19.5 Å². The number of nitrogens with one attached hydrogen (secondary N) is 2. The van der Waals surface area contributed by atoms with E-state index in [1.807, 2.05) is 0 Å². The lowest BCUT2D eigenvalue weighted by Gasteiger charge is -2.13. The molecule has 0 bridgehead atoms. The van der Waals surface area contributed by atoms with Crippen LogP contribution in [0.25, 0.3) is 0 Å². The third-order valence-corrected chi connectivity index (χ3v) is 5.24. The number of hydrogen-bond donors (Lipinski definition) is 2. The largest absolute Gasteiger partial charge is 0.357 e. The Kier molecular flexibility index (Phi) is 8.97. The van der Waals surface area contributed by atoms with Gasteiger partial charge >= 0.3 is 0 Å². The summed E-state index contributed by atoms with van der Waals surface area (Å²) in [5.41, 5.74) is 0. The van der Waals surface area contributed by atoms with Gasteiger partial charge in [0, 0.05) is 30.9 Å². The number of guanidine groups is 1. The van der Waals surface area contributed by atoms with Crippen molar-refractivity contribution < 1.29 is 0 Å². The van der Waals surface area contributed by atoms with E-state index < -0.39 is 0 Å². The molecule has 8 heteroatoms. The van der Waals surface area contributed by atoms with E-state index in [0.717, 1.165) is 49.4 Å². The molecule has 6 nitrogen and oxygen atoms in total. The molecule has 2 aromatic rings. The maximum atomic E-state index is 4.64. The fraction of sp³-hybridized carbons (Fsp3) is 0.611. The summed E-state index contributed by atoms with van der Waals surface area (Å²) in [4.78, 5) is 5.91. The summed E-state index contributed by atoms with van der Waals surface area (Å²) in [6.45, 7) is 9.93. The highest BCUT2D eigenvalue weighted by atomic mass is 32.2. The van der Waals surface area contributed by atoms with Crippen LogP contribution >= 0.6 is 23.1 Å². The quantitative estimate of drug-likeness (QED) is 0.280. The van der Waals surface area contributed by atoms with Gasteiger partial charge in [-0.2, -0.15) is 0 Å². The van der Waals surface area contributed by atoms with Crippen molar-refractivity contribution in [3.05, 3.63) is 28.2 Å². The van der Waals surface area contributed by atoms with Crippen molar-refractivity contribution in [3.63, 3.8) is 0 Å². The first kappa shape index (κ1) is 20.8. The smallest absolute Gasteiger partial charge is 0.191 e. The number of aryl methyl sites for hydroxylation is 1. The van der Waals surface area contributed by atoms with Gasteiger partial charge in [-0.15, -0.1) is 21.5 Å². The van der Waals surface area contributed by atoms with Crippen LogP contribution in [0.1, 0.15) is 37.9 Å². The van der Waals surface area contributed by atoms with Gasteiger partial charge < -0.3 is 15.2 Å². The molecule has 2 rings (SSSR count). The molecule has 0 saturated heterocycles. The van der Waals surface area contributed by atoms with E-state index in [0.29, 0.717) is 12.5 Å². The second-order valence-electron chi connectivity index (χ2n) is 6.41. The van der Waals surface area contributed by atoms with Gasteiger partial charge in [0.1, 0.15) is 5.82 Å². The maximum absolute atomic E-state index is 4.64. The topological polar surface area (TPSA) is 67.1 Å². The van der Waals surface area contributed by atoms with Crippen molar-refractivity contribution in [3.8, 4) is 0 Å². The molecule has 2 aromatic heterocycles. The first-order valence-corrected chi connectivity index (χ1v) is 11.2. The summed E-state index contributed by atoms with van der Waals surface area (Å²) in [7, 11) is 0. The lowest BCUT2D eigenvalue weighted by atomic mass is 10.2.